The van der Waals surface area contributed by atoms with Crippen LogP contribution in [0.2, 0.25) is 5.02 Å². The lowest BCUT2D eigenvalue weighted by Crippen LogP contribution is -2.46. The first kappa shape index (κ1) is 13.4. The van der Waals surface area contributed by atoms with E-state index in [1.165, 1.54) is 0 Å². The summed E-state index contributed by atoms with van der Waals surface area (Å²) in [5.41, 5.74) is 1.06. The Labute approximate surface area is 115 Å². The minimum atomic E-state index is -0.694. The van der Waals surface area contributed by atoms with Crippen molar-refractivity contribution in [3.63, 3.8) is 0 Å². The first-order valence-corrected chi connectivity index (χ1v) is 6.90. The molecule has 0 aliphatic carbocycles. The summed E-state index contributed by atoms with van der Waals surface area (Å²) in [4.78, 5) is -0.278. The van der Waals surface area contributed by atoms with Crippen LogP contribution in [0.25, 0.3) is 0 Å². The molecule has 0 bridgehead atoms. The predicted molar refractivity (Wildman–Crippen MR) is 77.9 cm³/mol. The number of benzene rings is 1. The fourth-order valence-corrected chi connectivity index (χ4v) is 4.21. The summed E-state index contributed by atoms with van der Waals surface area (Å²) in [6.45, 7) is 0. The summed E-state index contributed by atoms with van der Waals surface area (Å²) < 4.78 is -0.694. The molecular weight excluding hydrogens is 247 g/mol. The number of thioether (sulfide) groups is 1. The van der Waals surface area contributed by atoms with Crippen LogP contribution in [0.3, 0.4) is 0 Å². The fourth-order valence-electron chi connectivity index (χ4n) is 2.33. The highest BCUT2D eigenvalue weighted by Crippen LogP contribution is 2.50. The normalized spacial score (nSPS) is 27.9. The van der Waals surface area contributed by atoms with Crippen LogP contribution in [0, 0.1) is 0 Å². The molecule has 0 saturated carbocycles. The molecule has 1 unspecified atom stereocenters. The van der Waals surface area contributed by atoms with Crippen molar-refractivity contribution in [2.45, 2.75) is 28.7 Å². The summed E-state index contributed by atoms with van der Waals surface area (Å²) in [6.07, 6.45) is 2.80. The van der Waals surface area contributed by atoms with Gasteiger partial charge in [-0.1, -0.05) is 47.2 Å². The van der Waals surface area contributed by atoms with E-state index in [-0.39, 0.29) is 4.87 Å². The van der Waals surface area contributed by atoms with Gasteiger partial charge in [-0.05, 0) is 19.5 Å². The highest BCUT2D eigenvalue weighted by atomic mass is 35.5. The van der Waals surface area contributed by atoms with Gasteiger partial charge in [0.15, 0.2) is 0 Å². The van der Waals surface area contributed by atoms with Gasteiger partial charge in [0, 0.05) is 10.6 Å². The lowest BCUT2D eigenvalue weighted by Gasteiger charge is -2.45. The van der Waals surface area contributed by atoms with Gasteiger partial charge in [0.05, 0.1) is 20.6 Å². The third-order valence-electron chi connectivity index (χ3n) is 3.17. The van der Waals surface area contributed by atoms with E-state index in [1.807, 2.05) is 31.3 Å². The predicted octanol–water partition coefficient (Wildman–Crippen LogP) is 2.62. The van der Waals surface area contributed by atoms with Gasteiger partial charge < -0.3 is 5.32 Å². The van der Waals surface area contributed by atoms with Gasteiger partial charge in [-0.2, -0.15) is 0 Å². The molecule has 1 aliphatic rings. The summed E-state index contributed by atoms with van der Waals surface area (Å²) in [6, 6.07) is 7.86. The Hall–Kier alpha value is -0.0501. The molecule has 1 saturated heterocycles. The van der Waals surface area contributed by atoms with Crippen LogP contribution in [-0.2, 0) is 4.87 Å². The number of hydrogen-bond donors (Lipinski definition) is 1. The van der Waals surface area contributed by atoms with Gasteiger partial charge in [0.25, 0.3) is 0 Å². The van der Waals surface area contributed by atoms with Gasteiger partial charge >= 0.3 is 0 Å². The molecule has 4 radical (unpaired) electrons. The van der Waals surface area contributed by atoms with Gasteiger partial charge in [0.1, 0.15) is 0 Å². The summed E-state index contributed by atoms with van der Waals surface area (Å²) in [7, 11) is 14.1. The average Bonchev–Trinajstić information content (AvgIpc) is 2.28. The Bertz CT molecular complexity index is 413. The monoisotopic (exact) mass is 261 g/mol. The maximum Gasteiger partial charge on any atom is 0.0904 e. The van der Waals surface area contributed by atoms with E-state index in [9.17, 15) is 0 Å². The van der Waals surface area contributed by atoms with Crippen LogP contribution in [0.1, 0.15) is 24.8 Å². The Morgan fingerprint density at radius 3 is 2.59 bits per heavy atom. The van der Waals surface area contributed by atoms with Crippen molar-refractivity contribution < 1.29 is 0 Å². The summed E-state index contributed by atoms with van der Waals surface area (Å²) in [5, 5.41) is 4.11. The van der Waals surface area contributed by atoms with E-state index in [0.29, 0.717) is 0 Å². The van der Waals surface area contributed by atoms with Crippen molar-refractivity contribution in [2.24, 2.45) is 0 Å². The molecule has 1 fully saturated rings. The average molecular weight is 261 g/mol. The second-order valence-corrected chi connectivity index (χ2v) is 6.54. The number of halogens is 1. The van der Waals surface area contributed by atoms with Crippen molar-refractivity contribution in [3.8, 4) is 0 Å². The fraction of sp³-hybridized carbons (Fsp3) is 0.500. The molecule has 1 aliphatic heterocycles. The van der Waals surface area contributed by atoms with Crippen molar-refractivity contribution in [1.29, 1.82) is 0 Å². The third kappa shape index (κ3) is 2.69. The van der Waals surface area contributed by atoms with Crippen molar-refractivity contribution in [3.05, 3.63) is 34.9 Å². The smallest absolute Gasteiger partial charge is 0.0904 e. The van der Waals surface area contributed by atoms with E-state index in [1.54, 1.807) is 11.8 Å². The number of nitrogens with one attached hydrogen (secondary N) is 1. The Morgan fingerprint density at radius 2 is 2.00 bits per heavy atom. The largest absolute Gasteiger partial charge is 0.302 e. The van der Waals surface area contributed by atoms with E-state index < -0.39 is 4.55 Å². The van der Waals surface area contributed by atoms with Gasteiger partial charge in [0.2, 0.25) is 0 Å². The van der Waals surface area contributed by atoms with Crippen LogP contribution < -0.4 is 5.32 Å². The van der Waals surface area contributed by atoms with Crippen LogP contribution in [0.15, 0.2) is 24.3 Å². The zero-order valence-electron chi connectivity index (χ0n) is 9.87. The first-order valence-electron chi connectivity index (χ1n) is 5.71. The summed E-state index contributed by atoms with van der Waals surface area (Å²) in [5.74, 6) is 0. The third-order valence-corrected chi connectivity index (χ3v) is 5.06. The molecule has 0 spiro atoms. The Morgan fingerprint density at radius 1 is 1.29 bits per heavy atom. The Kier molecular flexibility index (Phi) is 3.86. The zero-order chi connectivity index (χ0) is 12.5. The van der Waals surface area contributed by atoms with Crippen LogP contribution in [0.4, 0.5) is 0 Å². The lowest BCUT2D eigenvalue weighted by atomic mass is 9.66. The molecular formula is C12H14B2ClNS. The Balaban J connectivity index is 2.41. The topological polar surface area (TPSA) is 12.0 Å². The quantitative estimate of drug-likeness (QED) is 0.821. The van der Waals surface area contributed by atoms with E-state index in [2.05, 4.69) is 5.32 Å². The number of hydrogen-bond acceptors (Lipinski definition) is 2. The van der Waals surface area contributed by atoms with E-state index in [0.717, 1.165) is 29.8 Å². The molecule has 1 aromatic carbocycles. The highest BCUT2D eigenvalue weighted by molar-refractivity contribution is 8.03. The minimum Gasteiger partial charge on any atom is -0.302 e. The molecule has 1 atom stereocenters. The summed E-state index contributed by atoms with van der Waals surface area (Å²) >= 11 is 7.85. The van der Waals surface area contributed by atoms with Gasteiger partial charge in [-0.3, -0.25) is 0 Å². The number of rotatable bonds is 2. The molecule has 1 heterocycles. The maximum absolute atomic E-state index is 6.28. The molecule has 1 aromatic rings. The lowest BCUT2D eigenvalue weighted by molar-refractivity contribution is 0.448. The molecule has 0 amide bonds. The molecule has 1 N–H and O–H groups in total. The van der Waals surface area contributed by atoms with Crippen LogP contribution in [-0.4, -0.2) is 27.3 Å². The molecule has 1 nitrogen and oxygen atoms in total. The second kappa shape index (κ2) is 4.91. The maximum atomic E-state index is 6.28. The molecule has 5 heteroatoms. The van der Waals surface area contributed by atoms with E-state index in [4.69, 9.17) is 27.3 Å². The van der Waals surface area contributed by atoms with E-state index >= 15 is 0 Å². The minimum absolute atomic E-state index is 0.278. The first-order chi connectivity index (χ1) is 7.99. The molecule has 17 heavy (non-hydrogen) atoms. The van der Waals surface area contributed by atoms with Gasteiger partial charge in [-0.25, -0.2) is 0 Å². The highest BCUT2D eigenvalue weighted by Gasteiger charge is 2.41. The standard InChI is InChI=1S/C12H14B2ClNS/c1-16-11(7-4-8-12(13,14)17-11)9-5-2-3-6-10(9)15/h2-3,5-6,16H,4,7-8H2,1H3. The molecule has 2 rings (SSSR count). The van der Waals surface area contributed by atoms with Crippen LogP contribution in [0.5, 0.6) is 0 Å². The molecule has 0 aromatic heterocycles. The SMILES string of the molecule is [B]C1([B])CCCC(NC)(c2ccccc2Cl)S1. The van der Waals surface area contributed by atoms with Crippen molar-refractivity contribution >= 4 is 39.1 Å². The zero-order valence-corrected chi connectivity index (χ0v) is 11.4. The molecule has 86 valence electrons. The second-order valence-electron chi connectivity index (χ2n) is 4.47. The van der Waals surface area contributed by atoms with Crippen molar-refractivity contribution in [1.82, 2.24) is 5.32 Å². The van der Waals surface area contributed by atoms with Gasteiger partial charge in [-0.15, -0.1) is 11.8 Å². The van der Waals surface area contributed by atoms with Crippen LogP contribution >= 0.6 is 23.4 Å². The van der Waals surface area contributed by atoms with Crippen molar-refractivity contribution in [2.75, 3.05) is 7.05 Å².